The molecule has 5 nitrogen and oxygen atoms in total. The summed E-state index contributed by atoms with van der Waals surface area (Å²) in [4.78, 5) is 0. The first-order valence-corrected chi connectivity index (χ1v) is 6.04. The van der Waals surface area contributed by atoms with Crippen molar-refractivity contribution in [1.82, 2.24) is 0 Å². The van der Waals surface area contributed by atoms with E-state index in [9.17, 15) is 0 Å². The highest BCUT2D eigenvalue weighted by Crippen LogP contribution is 2.30. The molecule has 0 saturated carbocycles. The Morgan fingerprint density at radius 2 is 1.68 bits per heavy atom. The molecule has 0 aliphatic rings. The van der Waals surface area contributed by atoms with E-state index in [0.717, 1.165) is 11.3 Å². The quantitative estimate of drug-likeness (QED) is 0.540. The smallest absolute Gasteiger partial charge is 0.0783 e. The molecular formula is C14H19N5. The van der Waals surface area contributed by atoms with Crippen LogP contribution in [-0.2, 0) is 0 Å². The summed E-state index contributed by atoms with van der Waals surface area (Å²) >= 11 is 0. The molecule has 0 fully saturated rings. The first-order chi connectivity index (χ1) is 8.99. The molecule has 1 atom stereocenters. The molecule has 0 saturated heterocycles. The summed E-state index contributed by atoms with van der Waals surface area (Å²) in [6.07, 6.45) is 0. The zero-order valence-electron chi connectivity index (χ0n) is 10.9. The van der Waals surface area contributed by atoms with Crippen molar-refractivity contribution in [1.29, 1.82) is 0 Å². The van der Waals surface area contributed by atoms with E-state index in [1.54, 1.807) is 18.2 Å². The lowest BCUT2D eigenvalue weighted by Gasteiger charge is -2.19. The number of nitrogens with one attached hydrogen (secondary N) is 1. The molecule has 2 aromatic rings. The number of anilines is 5. The van der Waals surface area contributed by atoms with Crippen molar-refractivity contribution in [2.45, 2.75) is 13.0 Å². The Bertz CT molecular complexity index is 594. The second-order valence-corrected chi connectivity index (χ2v) is 4.56. The van der Waals surface area contributed by atoms with Crippen molar-refractivity contribution in [3.63, 3.8) is 0 Å². The van der Waals surface area contributed by atoms with Gasteiger partial charge in [-0.05, 0) is 42.8 Å². The fourth-order valence-corrected chi connectivity index (χ4v) is 1.99. The minimum Gasteiger partial charge on any atom is -0.399 e. The maximum atomic E-state index is 5.96. The summed E-state index contributed by atoms with van der Waals surface area (Å²) in [5, 5.41) is 3.29. The van der Waals surface area contributed by atoms with Crippen LogP contribution in [-0.4, -0.2) is 0 Å². The highest BCUT2D eigenvalue weighted by Gasteiger charge is 2.11. The van der Waals surface area contributed by atoms with Crippen molar-refractivity contribution in [3.05, 3.63) is 42.0 Å². The van der Waals surface area contributed by atoms with E-state index in [4.69, 9.17) is 22.9 Å². The van der Waals surface area contributed by atoms with Crippen LogP contribution in [0.5, 0.6) is 0 Å². The van der Waals surface area contributed by atoms with Gasteiger partial charge >= 0.3 is 0 Å². The molecule has 19 heavy (non-hydrogen) atoms. The van der Waals surface area contributed by atoms with Gasteiger partial charge in [0.2, 0.25) is 0 Å². The number of hydrogen-bond acceptors (Lipinski definition) is 5. The van der Waals surface area contributed by atoms with Crippen molar-refractivity contribution in [2.75, 3.05) is 28.3 Å². The molecule has 100 valence electrons. The molecule has 0 bridgehead atoms. The van der Waals surface area contributed by atoms with Crippen molar-refractivity contribution >= 4 is 28.4 Å². The molecule has 0 aliphatic heterocycles. The van der Waals surface area contributed by atoms with E-state index < -0.39 is 0 Å². The Balaban J connectivity index is 2.28. The first kappa shape index (κ1) is 12.9. The highest BCUT2D eigenvalue weighted by atomic mass is 14.9. The van der Waals surface area contributed by atoms with Crippen LogP contribution in [0.2, 0.25) is 0 Å². The average Bonchev–Trinajstić information content (AvgIpc) is 2.38. The molecule has 2 rings (SSSR count). The SMILES string of the molecule is CC(Nc1cccc(N)c1N)c1cc(N)ccc1N. The normalized spacial score (nSPS) is 12.1. The summed E-state index contributed by atoms with van der Waals surface area (Å²) < 4.78 is 0. The van der Waals surface area contributed by atoms with E-state index in [0.29, 0.717) is 22.7 Å². The van der Waals surface area contributed by atoms with Crippen molar-refractivity contribution in [2.24, 2.45) is 0 Å². The highest BCUT2D eigenvalue weighted by molar-refractivity contribution is 5.79. The van der Waals surface area contributed by atoms with Crippen LogP contribution >= 0.6 is 0 Å². The number of rotatable bonds is 3. The Morgan fingerprint density at radius 1 is 0.947 bits per heavy atom. The van der Waals surface area contributed by atoms with Gasteiger partial charge < -0.3 is 28.3 Å². The van der Waals surface area contributed by atoms with Gasteiger partial charge in [0, 0.05) is 11.4 Å². The van der Waals surface area contributed by atoms with Crippen LogP contribution in [0.3, 0.4) is 0 Å². The van der Waals surface area contributed by atoms with Crippen LogP contribution in [0.1, 0.15) is 18.5 Å². The largest absolute Gasteiger partial charge is 0.399 e. The molecule has 0 heterocycles. The number of hydrogen-bond donors (Lipinski definition) is 5. The third kappa shape index (κ3) is 2.65. The van der Waals surface area contributed by atoms with Crippen molar-refractivity contribution in [3.8, 4) is 0 Å². The lowest BCUT2D eigenvalue weighted by Crippen LogP contribution is -2.11. The zero-order valence-corrected chi connectivity index (χ0v) is 10.9. The fraction of sp³-hybridized carbons (Fsp3) is 0.143. The second-order valence-electron chi connectivity index (χ2n) is 4.56. The summed E-state index contributed by atoms with van der Waals surface area (Å²) in [6, 6.07) is 10.9. The van der Waals surface area contributed by atoms with Crippen LogP contribution < -0.4 is 28.3 Å². The minimum absolute atomic E-state index is 0.0207. The van der Waals surface area contributed by atoms with Gasteiger partial charge in [-0.2, -0.15) is 0 Å². The van der Waals surface area contributed by atoms with Gasteiger partial charge in [-0.3, -0.25) is 0 Å². The Hall–Kier alpha value is -2.56. The van der Waals surface area contributed by atoms with E-state index >= 15 is 0 Å². The van der Waals surface area contributed by atoms with E-state index in [-0.39, 0.29) is 6.04 Å². The molecule has 9 N–H and O–H groups in total. The molecule has 0 aromatic heterocycles. The van der Waals surface area contributed by atoms with Crippen LogP contribution in [0.4, 0.5) is 28.4 Å². The zero-order chi connectivity index (χ0) is 14.0. The molecule has 0 radical (unpaired) electrons. The van der Waals surface area contributed by atoms with Gasteiger partial charge in [0.15, 0.2) is 0 Å². The summed E-state index contributed by atoms with van der Waals surface area (Å²) in [5.74, 6) is 0. The third-order valence-electron chi connectivity index (χ3n) is 3.09. The fourth-order valence-electron chi connectivity index (χ4n) is 1.99. The topological polar surface area (TPSA) is 116 Å². The number of benzene rings is 2. The van der Waals surface area contributed by atoms with Gasteiger partial charge in [-0.15, -0.1) is 0 Å². The summed E-state index contributed by atoms with van der Waals surface area (Å²) in [7, 11) is 0. The molecule has 0 aliphatic carbocycles. The van der Waals surface area contributed by atoms with Crippen LogP contribution in [0, 0.1) is 0 Å². The van der Waals surface area contributed by atoms with Gasteiger partial charge in [0.05, 0.1) is 23.1 Å². The number of para-hydroxylation sites is 1. The van der Waals surface area contributed by atoms with Gasteiger partial charge in [-0.25, -0.2) is 0 Å². The molecule has 1 unspecified atom stereocenters. The van der Waals surface area contributed by atoms with Gasteiger partial charge in [0.25, 0.3) is 0 Å². The van der Waals surface area contributed by atoms with Crippen LogP contribution in [0.15, 0.2) is 36.4 Å². The van der Waals surface area contributed by atoms with E-state index in [1.165, 1.54) is 0 Å². The molecule has 2 aromatic carbocycles. The van der Waals surface area contributed by atoms with Crippen LogP contribution in [0.25, 0.3) is 0 Å². The van der Waals surface area contributed by atoms with E-state index in [2.05, 4.69) is 5.32 Å². The lowest BCUT2D eigenvalue weighted by atomic mass is 10.0. The standard InChI is InChI=1S/C14H19N5/c1-8(10-7-9(15)5-6-11(10)16)19-13-4-2-3-12(17)14(13)18/h2-8,19H,15-18H2,1H3. The van der Waals surface area contributed by atoms with Gasteiger partial charge in [-0.1, -0.05) is 6.07 Å². The van der Waals surface area contributed by atoms with E-state index in [1.807, 2.05) is 25.1 Å². The molecular weight excluding hydrogens is 238 g/mol. The first-order valence-electron chi connectivity index (χ1n) is 6.04. The predicted molar refractivity (Wildman–Crippen MR) is 82.6 cm³/mol. The number of nitrogens with two attached hydrogens (primary N) is 4. The Kier molecular flexibility index (Phi) is 3.37. The lowest BCUT2D eigenvalue weighted by molar-refractivity contribution is 0.889. The maximum Gasteiger partial charge on any atom is 0.0783 e. The summed E-state index contributed by atoms with van der Waals surface area (Å²) in [5.41, 5.74) is 27.6. The predicted octanol–water partition coefficient (Wildman–Crippen LogP) is 2.19. The summed E-state index contributed by atoms with van der Waals surface area (Å²) in [6.45, 7) is 1.99. The molecule has 5 heteroatoms. The maximum absolute atomic E-state index is 5.96. The molecule has 0 amide bonds. The third-order valence-corrected chi connectivity index (χ3v) is 3.09. The average molecular weight is 257 g/mol. The van der Waals surface area contributed by atoms with Crippen molar-refractivity contribution < 1.29 is 0 Å². The Labute approximate surface area is 112 Å². The monoisotopic (exact) mass is 257 g/mol. The Morgan fingerprint density at radius 3 is 2.42 bits per heavy atom. The second kappa shape index (κ2) is 4.97. The number of nitrogen functional groups attached to an aromatic ring is 4. The minimum atomic E-state index is -0.0207. The van der Waals surface area contributed by atoms with Gasteiger partial charge in [0.1, 0.15) is 0 Å². The molecule has 0 spiro atoms.